The van der Waals surface area contributed by atoms with Crippen LogP contribution in [0, 0.1) is 0 Å². The number of nitrogen functional groups attached to an aromatic ring is 1. The topological polar surface area (TPSA) is 67.8 Å². The first-order chi connectivity index (χ1) is 7.74. The predicted molar refractivity (Wildman–Crippen MR) is 63.2 cm³/mol. The Bertz CT molecular complexity index is 656. The number of aromatic nitrogens is 2. The summed E-state index contributed by atoms with van der Waals surface area (Å²) in [6, 6.07) is 7.54. The molecule has 0 bridgehead atoms. The summed E-state index contributed by atoms with van der Waals surface area (Å²) in [7, 11) is 0. The minimum Gasteiger partial charge on any atom is -0.394 e. The van der Waals surface area contributed by atoms with Gasteiger partial charge in [0.25, 0.3) is 0 Å². The van der Waals surface area contributed by atoms with Gasteiger partial charge in [-0.1, -0.05) is 16.8 Å². The summed E-state index contributed by atoms with van der Waals surface area (Å²) in [5, 5.41) is 5.35. The van der Waals surface area contributed by atoms with Gasteiger partial charge in [0, 0.05) is 15.9 Å². The number of rotatable bonds is 1. The predicted octanol–water partition coefficient (Wildman–Crippen LogP) is 3.06. The van der Waals surface area contributed by atoms with E-state index in [0.29, 0.717) is 16.5 Å². The molecule has 0 aliphatic rings. The molecule has 0 radical (unpaired) electrons. The average Bonchev–Trinajstić information content (AvgIpc) is 2.82. The second kappa shape index (κ2) is 3.28. The van der Waals surface area contributed by atoms with Crippen LogP contribution in [0.1, 0.15) is 0 Å². The van der Waals surface area contributed by atoms with Crippen LogP contribution in [0.15, 0.2) is 35.0 Å². The summed E-state index contributed by atoms with van der Waals surface area (Å²) < 4.78 is 5.07. The molecule has 0 aliphatic heterocycles. The van der Waals surface area contributed by atoms with Gasteiger partial charge in [-0.15, -0.1) is 0 Å². The van der Waals surface area contributed by atoms with Crippen LogP contribution in [0.25, 0.3) is 22.4 Å². The van der Waals surface area contributed by atoms with E-state index in [9.17, 15) is 0 Å². The van der Waals surface area contributed by atoms with E-state index in [1.807, 2.05) is 24.3 Å². The largest absolute Gasteiger partial charge is 0.394 e. The van der Waals surface area contributed by atoms with Crippen LogP contribution < -0.4 is 5.73 Å². The van der Waals surface area contributed by atoms with Crippen molar-refractivity contribution in [1.29, 1.82) is 0 Å². The Balaban J connectivity index is 2.23. The van der Waals surface area contributed by atoms with Crippen molar-refractivity contribution in [2.45, 2.75) is 0 Å². The van der Waals surface area contributed by atoms with Crippen molar-refractivity contribution < 1.29 is 4.52 Å². The Hall–Kier alpha value is -1.94. The minimum atomic E-state index is 0.512. The molecular formula is C11H8ClN3O. The summed E-state index contributed by atoms with van der Waals surface area (Å²) in [6.07, 6.45) is 1.48. The Morgan fingerprint density at radius 1 is 1.31 bits per heavy atom. The molecule has 2 aromatic heterocycles. The maximum absolute atomic E-state index is 5.91. The van der Waals surface area contributed by atoms with E-state index in [2.05, 4.69) is 10.1 Å². The van der Waals surface area contributed by atoms with Crippen LogP contribution in [-0.4, -0.2) is 10.1 Å². The van der Waals surface area contributed by atoms with Crippen molar-refractivity contribution in [3.8, 4) is 11.5 Å². The second-order valence-corrected chi connectivity index (χ2v) is 3.96. The summed E-state index contributed by atoms with van der Waals surface area (Å²) in [5.41, 5.74) is 8.01. The van der Waals surface area contributed by atoms with E-state index in [4.69, 9.17) is 21.9 Å². The molecule has 5 heteroatoms. The van der Waals surface area contributed by atoms with Gasteiger partial charge in [-0.05, 0) is 24.3 Å². The van der Waals surface area contributed by atoms with Crippen LogP contribution in [0.3, 0.4) is 0 Å². The van der Waals surface area contributed by atoms with Gasteiger partial charge in [0.2, 0.25) is 5.76 Å². The van der Waals surface area contributed by atoms with E-state index in [0.717, 1.165) is 16.6 Å². The Labute approximate surface area is 96.0 Å². The first kappa shape index (κ1) is 9.30. The molecular weight excluding hydrogens is 226 g/mol. The highest BCUT2D eigenvalue weighted by Gasteiger charge is 2.10. The molecule has 3 rings (SSSR count). The molecule has 0 atom stereocenters. The molecule has 80 valence electrons. The smallest absolute Gasteiger partial charge is 0.205 e. The zero-order valence-corrected chi connectivity index (χ0v) is 8.95. The molecule has 0 saturated carbocycles. The van der Waals surface area contributed by atoms with Gasteiger partial charge in [0.1, 0.15) is 5.69 Å². The van der Waals surface area contributed by atoms with Crippen molar-refractivity contribution in [3.05, 3.63) is 35.5 Å². The fourth-order valence-corrected chi connectivity index (χ4v) is 1.86. The number of hydrogen-bond donors (Lipinski definition) is 2. The third-order valence-corrected chi connectivity index (χ3v) is 2.66. The molecule has 4 nitrogen and oxygen atoms in total. The summed E-state index contributed by atoms with van der Waals surface area (Å²) in [5.74, 6) is 0.548. The van der Waals surface area contributed by atoms with Crippen LogP contribution in [-0.2, 0) is 0 Å². The number of nitrogens with one attached hydrogen (secondary N) is 1. The number of nitrogens with zero attached hydrogens (tertiary/aromatic N) is 1. The van der Waals surface area contributed by atoms with Gasteiger partial charge in [-0.25, -0.2) is 0 Å². The Morgan fingerprint density at radius 2 is 2.19 bits per heavy atom. The molecule has 0 spiro atoms. The number of aromatic amines is 1. The lowest BCUT2D eigenvalue weighted by molar-refractivity contribution is 0.431. The van der Waals surface area contributed by atoms with Crippen molar-refractivity contribution >= 4 is 28.2 Å². The van der Waals surface area contributed by atoms with Crippen LogP contribution >= 0.6 is 11.6 Å². The second-order valence-electron chi connectivity index (χ2n) is 3.52. The third kappa shape index (κ3) is 1.35. The van der Waals surface area contributed by atoms with E-state index >= 15 is 0 Å². The van der Waals surface area contributed by atoms with Crippen LogP contribution in [0.5, 0.6) is 0 Å². The SMILES string of the molecule is Nc1cnoc1-c1cc2cc(Cl)ccc2[nH]1. The van der Waals surface area contributed by atoms with Crippen molar-refractivity contribution in [3.63, 3.8) is 0 Å². The number of H-pyrrole nitrogens is 1. The summed E-state index contributed by atoms with van der Waals surface area (Å²) >= 11 is 5.91. The minimum absolute atomic E-state index is 0.512. The fraction of sp³-hybridized carbons (Fsp3) is 0. The number of fused-ring (bicyclic) bond motifs is 1. The molecule has 2 heterocycles. The Kier molecular flexibility index (Phi) is 1.91. The third-order valence-electron chi connectivity index (χ3n) is 2.43. The van der Waals surface area contributed by atoms with E-state index < -0.39 is 0 Å². The van der Waals surface area contributed by atoms with Gasteiger partial charge >= 0.3 is 0 Å². The normalized spacial score (nSPS) is 11.1. The lowest BCUT2D eigenvalue weighted by Gasteiger charge is -1.90. The van der Waals surface area contributed by atoms with Crippen molar-refractivity contribution in [1.82, 2.24) is 10.1 Å². The number of hydrogen-bond acceptors (Lipinski definition) is 3. The first-order valence-electron chi connectivity index (χ1n) is 4.73. The lowest BCUT2D eigenvalue weighted by Crippen LogP contribution is -1.83. The number of benzene rings is 1. The maximum Gasteiger partial charge on any atom is 0.205 e. The monoisotopic (exact) mass is 233 g/mol. The quantitative estimate of drug-likeness (QED) is 0.679. The summed E-state index contributed by atoms with van der Waals surface area (Å²) in [4.78, 5) is 3.19. The number of nitrogens with two attached hydrogens (primary N) is 1. The van der Waals surface area contributed by atoms with E-state index in [-0.39, 0.29) is 0 Å². The molecule has 0 fully saturated rings. The molecule has 3 N–H and O–H groups in total. The maximum atomic E-state index is 5.91. The van der Waals surface area contributed by atoms with Crippen molar-refractivity contribution in [2.75, 3.05) is 5.73 Å². The van der Waals surface area contributed by atoms with Crippen LogP contribution in [0.2, 0.25) is 5.02 Å². The zero-order valence-electron chi connectivity index (χ0n) is 8.20. The standard InChI is InChI=1S/C11H8ClN3O/c12-7-1-2-9-6(3-7)4-10(15-9)11-8(13)5-14-16-11/h1-5,15H,13H2. The molecule has 0 unspecified atom stereocenters. The number of anilines is 1. The van der Waals surface area contributed by atoms with Gasteiger partial charge in [0.05, 0.1) is 11.9 Å². The fourth-order valence-electron chi connectivity index (χ4n) is 1.68. The lowest BCUT2D eigenvalue weighted by atomic mass is 10.2. The van der Waals surface area contributed by atoms with Gasteiger partial charge < -0.3 is 15.2 Å². The highest BCUT2D eigenvalue weighted by atomic mass is 35.5. The molecule has 1 aromatic carbocycles. The van der Waals surface area contributed by atoms with E-state index in [1.165, 1.54) is 6.20 Å². The number of halogens is 1. The first-order valence-corrected chi connectivity index (χ1v) is 5.10. The van der Waals surface area contributed by atoms with Crippen molar-refractivity contribution in [2.24, 2.45) is 0 Å². The summed E-state index contributed by atoms with van der Waals surface area (Å²) in [6.45, 7) is 0. The molecule has 0 saturated heterocycles. The molecule has 3 aromatic rings. The van der Waals surface area contributed by atoms with Gasteiger partial charge in [-0.2, -0.15) is 0 Å². The van der Waals surface area contributed by atoms with Gasteiger partial charge in [-0.3, -0.25) is 0 Å². The van der Waals surface area contributed by atoms with Crippen LogP contribution in [0.4, 0.5) is 5.69 Å². The molecule has 16 heavy (non-hydrogen) atoms. The van der Waals surface area contributed by atoms with E-state index in [1.54, 1.807) is 0 Å². The molecule has 0 amide bonds. The zero-order chi connectivity index (χ0) is 11.1. The highest BCUT2D eigenvalue weighted by Crippen LogP contribution is 2.29. The highest BCUT2D eigenvalue weighted by molar-refractivity contribution is 6.31. The Morgan fingerprint density at radius 3 is 2.94 bits per heavy atom. The average molecular weight is 234 g/mol. The van der Waals surface area contributed by atoms with Gasteiger partial charge in [0.15, 0.2) is 0 Å². The molecule has 0 aliphatic carbocycles.